The van der Waals surface area contributed by atoms with E-state index in [0.717, 1.165) is 0 Å². The first-order chi connectivity index (χ1) is 10.5. The number of esters is 1. The Morgan fingerprint density at radius 1 is 1.26 bits per heavy atom. The van der Waals surface area contributed by atoms with Crippen LogP contribution in [-0.4, -0.2) is 51.2 Å². The van der Waals surface area contributed by atoms with Gasteiger partial charge >= 0.3 is 5.97 Å². The van der Waals surface area contributed by atoms with Crippen LogP contribution in [0.25, 0.3) is 0 Å². The number of hydrogen-bond acceptors (Lipinski definition) is 8. The first kappa shape index (κ1) is 17.7. The van der Waals surface area contributed by atoms with Crippen molar-refractivity contribution in [1.29, 1.82) is 0 Å². The minimum Gasteiger partial charge on any atom is -0.453 e. The van der Waals surface area contributed by atoms with E-state index in [2.05, 4.69) is 0 Å². The van der Waals surface area contributed by atoms with E-state index < -0.39 is 46.1 Å². The highest BCUT2D eigenvalue weighted by atomic mass is 35.6. The van der Waals surface area contributed by atoms with Crippen LogP contribution in [0.3, 0.4) is 0 Å². The van der Waals surface area contributed by atoms with Gasteiger partial charge in [0.15, 0.2) is 18.5 Å². The maximum atomic E-state index is 11.4. The van der Waals surface area contributed by atoms with E-state index in [1.54, 1.807) is 0 Å². The Balaban J connectivity index is 1.86. The lowest BCUT2D eigenvalue weighted by Crippen LogP contribution is -2.51. The van der Waals surface area contributed by atoms with E-state index in [0.29, 0.717) is 0 Å². The maximum Gasteiger partial charge on any atom is 0.303 e. The highest BCUT2D eigenvalue weighted by Gasteiger charge is 2.66. The van der Waals surface area contributed by atoms with Gasteiger partial charge in [0.05, 0.1) is 0 Å². The Morgan fingerprint density at radius 3 is 2.48 bits per heavy atom. The molecule has 8 nitrogen and oxygen atoms in total. The van der Waals surface area contributed by atoms with Gasteiger partial charge in [0.25, 0.3) is 5.79 Å². The fraction of sp³-hybridized carbons (Fsp3) is 0.750. The van der Waals surface area contributed by atoms with Crippen LogP contribution in [0.4, 0.5) is 0 Å². The third-order valence-corrected chi connectivity index (χ3v) is 3.86. The molecular weight excluding hydrogens is 378 g/mol. The molecule has 130 valence electrons. The zero-order valence-corrected chi connectivity index (χ0v) is 14.2. The van der Waals surface area contributed by atoms with Gasteiger partial charge in [-0.15, -0.1) is 0 Å². The Kier molecular flexibility index (Phi) is 4.37. The van der Waals surface area contributed by atoms with Gasteiger partial charge in [-0.05, 0) is 19.1 Å². The molecule has 11 heteroatoms. The number of aliphatic hydroxyl groups is 1. The van der Waals surface area contributed by atoms with Gasteiger partial charge in [0.1, 0.15) is 0 Å². The van der Waals surface area contributed by atoms with Gasteiger partial charge in [-0.25, -0.2) is 0 Å². The molecular formula is C12H13Cl3O8. The maximum absolute atomic E-state index is 11.4. The molecule has 3 rings (SSSR count). The summed E-state index contributed by atoms with van der Waals surface area (Å²) in [7, 11) is 0. The van der Waals surface area contributed by atoms with Crippen LogP contribution in [0.5, 0.6) is 0 Å². The normalized spacial score (nSPS) is 46.2. The largest absolute Gasteiger partial charge is 0.453 e. The summed E-state index contributed by atoms with van der Waals surface area (Å²) in [5, 5.41) is 9.73. The van der Waals surface area contributed by atoms with Gasteiger partial charge in [-0.2, -0.15) is 9.78 Å². The van der Waals surface area contributed by atoms with Crippen LogP contribution >= 0.6 is 34.8 Å². The van der Waals surface area contributed by atoms with E-state index in [1.807, 2.05) is 0 Å². The van der Waals surface area contributed by atoms with E-state index in [1.165, 1.54) is 26.0 Å². The van der Waals surface area contributed by atoms with Crippen LogP contribution in [0.2, 0.25) is 0 Å². The molecule has 3 heterocycles. The van der Waals surface area contributed by atoms with Crippen molar-refractivity contribution < 1.29 is 38.6 Å². The quantitative estimate of drug-likeness (QED) is 0.309. The highest BCUT2D eigenvalue weighted by Crippen LogP contribution is 2.48. The summed E-state index contributed by atoms with van der Waals surface area (Å²) in [6, 6.07) is 0. The summed E-state index contributed by atoms with van der Waals surface area (Å²) in [5.41, 5.74) is 0. The van der Waals surface area contributed by atoms with Crippen molar-refractivity contribution in [3.8, 4) is 0 Å². The van der Waals surface area contributed by atoms with Crippen molar-refractivity contribution in [2.45, 2.75) is 54.0 Å². The topological polar surface area (TPSA) is 92.7 Å². The highest BCUT2D eigenvalue weighted by molar-refractivity contribution is 6.67. The lowest BCUT2D eigenvalue weighted by molar-refractivity contribution is -0.493. The van der Waals surface area contributed by atoms with Crippen molar-refractivity contribution in [2.24, 2.45) is 0 Å². The molecule has 6 atom stereocenters. The summed E-state index contributed by atoms with van der Waals surface area (Å²) >= 11 is 17.2. The lowest BCUT2D eigenvalue weighted by Gasteiger charge is -2.36. The summed E-state index contributed by atoms with van der Waals surface area (Å²) in [6.07, 6.45) is -1.64. The molecule has 0 saturated carbocycles. The van der Waals surface area contributed by atoms with Crippen LogP contribution in [-0.2, 0) is 33.5 Å². The lowest BCUT2D eigenvalue weighted by atomic mass is 10.0. The predicted octanol–water partition coefficient (Wildman–Crippen LogP) is 1.31. The van der Waals surface area contributed by atoms with Crippen LogP contribution in [0, 0.1) is 0 Å². The number of fused-ring (bicyclic) bond motifs is 1. The molecule has 3 aliphatic rings. The van der Waals surface area contributed by atoms with Crippen LogP contribution in [0.15, 0.2) is 12.2 Å². The number of rotatable bonds is 1. The molecule has 0 aromatic rings. The van der Waals surface area contributed by atoms with Crippen molar-refractivity contribution in [3.63, 3.8) is 0 Å². The number of hydrogen-bond donors (Lipinski definition) is 1. The van der Waals surface area contributed by atoms with E-state index >= 15 is 0 Å². The van der Waals surface area contributed by atoms with Gasteiger partial charge in [-0.1, -0.05) is 34.8 Å². The second-order valence-electron chi connectivity index (χ2n) is 5.40. The van der Waals surface area contributed by atoms with Crippen LogP contribution < -0.4 is 0 Å². The number of halogens is 3. The summed E-state index contributed by atoms with van der Waals surface area (Å²) in [4.78, 5) is 21.4. The minimum atomic E-state index is -1.86. The molecule has 1 unspecified atom stereocenters. The monoisotopic (exact) mass is 390 g/mol. The Bertz CT molecular complexity index is 533. The zero-order chi connectivity index (χ0) is 17.0. The molecule has 2 saturated heterocycles. The molecule has 0 aromatic heterocycles. The Labute approximate surface area is 146 Å². The van der Waals surface area contributed by atoms with Gasteiger partial charge in [-0.3, -0.25) is 4.79 Å². The van der Waals surface area contributed by atoms with Crippen molar-refractivity contribution >= 4 is 40.8 Å². The molecule has 0 radical (unpaired) electrons. The molecule has 0 aromatic carbocycles. The fourth-order valence-electron chi connectivity index (χ4n) is 2.38. The molecule has 2 fully saturated rings. The summed E-state index contributed by atoms with van der Waals surface area (Å²) in [5.74, 6) is -3.93. The van der Waals surface area contributed by atoms with E-state index in [9.17, 15) is 9.90 Å². The first-order valence-corrected chi connectivity index (χ1v) is 7.68. The van der Waals surface area contributed by atoms with Gasteiger partial charge in [0.2, 0.25) is 15.9 Å². The number of ether oxygens (including phenoxy) is 4. The van der Waals surface area contributed by atoms with E-state index in [4.69, 9.17) is 63.5 Å². The zero-order valence-electron chi connectivity index (χ0n) is 11.9. The molecule has 1 N–H and O–H groups in total. The fourth-order valence-corrected chi connectivity index (χ4v) is 2.69. The number of alkyl halides is 3. The Morgan fingerprint density at radius 2 is 1.96 bits per heavy atom. The average Bonchev–Trinajstić information content (AvgIpc) is 2.91. The number of carbonyl (C=O) groups excluding carboxylic acids is 1. The van der Waals surface area contributed by atoms with Crippen molar-refractivity contribution in [3.05, 3.63) is 12.2 Å². The summed E-state index contributed by atoms with van der Waals surface area (Å²) < 4.78 is 19.8. The molecule has 3 aliphatic heterocycles. The molecule has 23 heavy (non-hydrogen) atoms. The predicted molar refractivity (Wildman–Crippen MR) is 75.1 cm³/mol. The Hall–Kier alpha value is -0.160. The molecule has 0 bridgehead atoms. The SMILES string of the molecule is CC(=O)O[C@@H]1[C@H]2O[C@H](C(Cl)(Cl)Cl)O[C@H]2O[C@]12C=CC(C)(O)OO2. The second-order valence-corrected chi connectivity index (χ2v) is 7.77. The third-order valence-electron chi connectivity index (χ3n) is 3.33. The minimum absolute atomic E-state index is 0.617. The molecule has 1 spiro atoms. The third kappa shape index (κ3) is 3.33. The van der Waals surface area contributed by atoms with Crippen LogP contribution in [0.1, 0.15) is 13.8 Å². The van der Waals surface area contributed by atoms with Gasteiger partial charge in [0, 0.05) is 6.92 Å². The smallest absolute Gasteiger partial charge is 0.303 e. The molecule has 0 amide bonds. The van der Waals surface area contributed by atoms with Crippen molar-refractivity contribution in [2.75, 3.05) is 0 Å². The van der Waals surface area contributed by atoms with Crippen molar-refractivity contribution in [1.82, 2.24) is 0 Å². The summed E-state index contributed by atoms with van der Waals surface area (Å²) in [6.45, 7) is 2.55. The van der Waals surface area contributed by atoms with Gasteiger partial charge < -0.3 is 24.1 Å². The molecule has 0 aliphatic carbocycles. The standard InChI is InChI=1S/C12H13Cl3O8/c1-5(16)18-7-6-8(20-9(19-6)12(13,14)15)21-11(7)4-3-10(2,17)22-23-11/h3-4,6-9,17H,1-2H3/t6-,7-,8+,9+,10?,11+/m1/s1. The first-order valence-electron chi connectivity index (χ1n) is 6.55. The number of carbonyl (C=O) groups is 1. The second kappa shape index (κ2) is 5.69. The van der Waals surface area contributed by atoms with E-state index in [-0.39, 0.29) is 0 Å². The average molecular weight is 392 g/mol.